The molecule has 0 aliphatic carbocycles. The van der Waals surface area contributed by atoms with E-state index in [9.17, 15) is 9.59 Å². The van der Waals surface area contributed by atoms with Crippen molar-refractivity contribution in [3.63, 3.8) is 0 Å². The van der Waals surface area contributed by atoms with Crippen LogP contribution < -0.4 is 10.9 Å². The van der Waals surface area contributed by atoms with Gasteiger partial charge in [0.05, 0.1) is 11.1 Å². The molecule has 0 bridgehead atoms. The summed E-state index contributed by atoms with van der Waals surface area (Å²) in [5.41, 5.74) is 2.21. The molecule has 0 saturated carbocycles. The van der Waals surface area contributed by atoms with Gasteiger partial charge in [-0.15, -0.1) is 0 Å². The number of rotatable bonds is 9. The fourth-order valence-electron chi connectivity index (χ4n) is 3.90. The van der Waals surface area contributed by atoms with E-state index in [0.29, 0.717) is 44.8 Å². The Hall–Kier alpha value is -3.46. The molecule has 168 valence electrons. The predicted molar refractivity (Wildman–Crippen MR) is 121 cm³/mol. The van der Waals surface area contributed by atoms with Gasteiger partial charge in [0.15, 0.2) is 0 Å². The molecule has 4 aromatic rings. The summed E-state index contributed by atoms with van der Waals surface area (Å²) in [6.07, 6.45) is 2.82. The van der Waals surface area contributed by atoms with Crippen molar-refractivity contribution in [2.75, 3.05) is 20.3 Å². The summed E-state index contributed by atoms with van der Waals surface area (Å²) in [5.74, 6) is 0.0445. The highest BCUT2D eigenvalue weighted by Gasteiger charge is 2.22. The Morgan fingerprint density at radius 3 is 2.78 bits per heavy atom. The lowest BCUT2D eigenvalue weighted by Crippen LogP contribution is -2.28. The Balaban J connectivity index is 1.45. The Morgan fingerprint density at radius 2 is 2.00 bits per heavy atom. The van der Waals surface area contributed by atoms with Crippen molar-refractivity contribution >= 4 is 27.9 Å². The molecule has 0 radical (unpaired) electrons. The average Bonchev–Trinajstić information content (AvgIpc) is 3.30. The second kappa shape index (κ2) is 9.35. The van der Waals surface area contributed by atoms with Gasteiger partial charge in [0.2, 0.25) is 5.71 Å². The van der Waals surface area contributed by atoms with E-state index in [1.165, 1.54) is 10.9 Å². The zero-order valence-corrected chi connectivity index (χ0v) is 18.6. The number of furan rings is 1. The van der Waals surface area contributed by atoms with Gasteiger partial charge >= 0.3 is 0 Å². The quantitative estimate of drug-likeness (QED) is 0.404. The highest BCUT2D eigenvalue weighted by atomic mass is 16.5. The van der Waals surface area contributed by atoms with E-state index in [1.54, 1.807) is 14.0 Å². The van der Waals surface area contributed by atoms with Gasteiger partial charge in [-0.3, -0.25) is 18.8 Å². The highest BCUT2D eigenvalue weighted by molar-refractivity contribution is 6.06. The summed E-state index contributed by atoms with van der Waals surface area (Å²) >= 11 is 0. The molecular formula is C23H27N5O4. The molecule has 0 aliphatic heterocycles. The molecule has 0 unspecified atom stereocenters. The molecular weight excluding hydrogens is 410 g/mol. The third-order valence-electron chi connectivity index (χ3n) is 5.57. The van der Waals surface area contributed by atoms with E-state index in [2.05, 4.69) is 21.5 Å². The number of nitrogens with one attached hydrogen (secondary N) is 1. The molecule has 1 aromatic carbocycles. The minimum Gasteiger partial charge on any atom is -0.442 e. The van der Waals surface area contributed by atoms with Gasteiger partial charge in [0.25, 0.3) is 11.5 Å². The largest absolute Gasteiger partial charge is 0.442 e. The molecule has 3 aromatic heterocycles. The second-order valence-corrected chi connectivity index (χ2v) is 7.74. The van der Waals surface area contributed by atoms with Crippen molar-refractivity contribution in [2.45, 2.75) is 39.8 Å². The van der Waals surface area contributed by atoms with Crippen LogP contribution in [0.4, 0.5) is 0 Å². The van der Waals surface area contributed by atoms with Crippen molar-refractivity contribution in [3.05, 3.63) is 58.0 Å². The summed E-state index contributed by atoms with van der Waals surface area (Å²) < 4.78 is 14.1. The maximum absolute atomic E-state index is 12.9. The number of ether oxygens (including phenoxy) is 1. The average molecular weight is 438 g/mol. The van der Waals surface area contributed by atoms with E-state index in [4.69, 9.17) is 9.15 Å². The standard InChI is InChI=1S/C23H27N5O4/c1-15-17-8-4-5-9-18(17)26-28(15)12-6-10-24-21(29)19-16(2)32-22-20(19)23(30)27(14-25-22)11-7-13-31-3/h4-5,8-9,14H,6-7,10-13H2,1-3H3,(H,24,29). The number of benzene rings is 1. The van der Waals surface area contributed by atoms with Gasteiger partial charge in [0, 0.05) is 44.4 Å². The fourth-order valence-corrected chi connectivity index (χ4v) is 3.90. The first-order valence-corrected chi connectivity index (χ1v) is 10.7. The van der Waals surface area contributed by atoms with Crippen LogP contribution in [0.25, 0.3) is 22.0 Å². The van der Waals surface area contributed by atoms with Crippen molar-refractivity contribution < 1.29 is 13.9 Å². The number of fused-ring (bicyclic) bond motifs is 2. The van der Waals surface area contributed by atoms with Crippen LogP contribution >= 0.6 is 0 Å². The summed E-state index contributed by atoms with van der Waals surface area (Å²) in [6.45, 7) is 5.83. The minimum absolute atomic E-state index is 0.180. The molecule has 1 amide bonds. The number of hydrogen-bond acceptors (Lipinski definition) is 6. The topological polar surface area (TPSA) is 104 Å². The van der Waals surface area contributed by atoms with Crippen LogP contribution in [-0.4, -0.2) is 45.5 Å². The first-order chi connectivity index (χ1) is 15.5. The van der Waals surface area contributed by atoms with Crippen LogP contribution in [0.3, 0.4) is 0 Å². The fraction of sp³-hybridized carbons (Fsp3) is 0.391. The number of nitrogens with zero attached hydrogens (tertiary/aromatic N) is 4. The Kier molecular flexibility index (Phi) is 6.36. The third kappa shape index (κ3) is 4.16. The van der Waals surface area contributed by atoms with Crippen LogP contribution in [-0.2, 0) is 17.8 Å². The van der Waals surface area contributed by atoms with E-state index < -0.39 is 0 Å². The SMILES string of the molecule is COCCCn1cnc2oc(C)c(C(=O)NCCCn3nc4ccccc4c3C)c2c1=O. The van der Waals surface area contributed by atoms with Crippen molar-refractivity contribution in [1.82, 2.24) is 24.6 Å². The lowest BCUT2D eigenvalue weighted by molar-refractivity contribution is 0.0952. The Morgan fingerprint density at radius 1 is 1.19 bits per heavy atom. The van der Waals surface area contributed by atoms with E-state index in [0.717, 1.165) is 16.6 Å². The number of carbonyl (C=O) groups excluding carboxylic acids is 1. The van der Waals surface area contributed by atoms with Gasteiger partial charge in [-0.05, 0) is 32.8 Å². The molecule has 1 N–H and O–H groups in total. The monoisotopic (exact) mass is 437 g/mol. The summed E-state index contributed by atoms with van der Waals surface area (Å²) in [5, 5.41) is 8.87. The number of methoxy groups -OCH3 is 1. The molecule has 0 spiro atoms. The minimum atomic E-state index is -0.336. The molecule has 0 saturated heterocycles. The van der Waals surface area contributed by atoms with Gasteiger partial charge in [-0.1, -0.05) is 18.2 Å². The maximum Gasteiger partial charge on any atom is 0.265 e. The van der Waals surface area contributed by atoms with Gasteiger partial charge < -0.3 is 14.5 Å². The molecule has 9 nitrogen and oxygen atoms in total. The van der Waals surface area contributed by atoms with Crippen LogP contribution in [0.1, 0.15) is 34.7 Å². The molecule has 4 rings (SSSR count). The molecule has 9 heteroatoms. The lowest BCUT2D eigenvalue weighted by Gasteiger charge is -2.07. The van der Waals surface area contributed by atoms with Gasteiger partial charge in [0.1, 0.15) is 17.5 Å². The number of aromatic nitrogens is 4. The normalized spacial score (nSPS) is 11.5. The summed E-state index contributed by atoms with van der Waals surface area (Å²) in [6, 6.07) is 8.01. The third-order valence-corrected chi connectivity index (χ3v) is 5.57. The number of carbonyl (C=O) groups is 1. The first-order valence-electron chi connectivity index (χ1n) is 10.7. The zero-order chi connectivity index (χ0) is 22.7. The van der Waals surface area contributed by atoms with Crippen LogP contribution in [0.5, 0.6) is 0 Å². The molecule has 32 heavy (non-hydrogen) atoms. The number of amides is 1. The summed E-state index contributed by atoms with van der Waals surface area (Å²) in [7, 11) is 1.61. The van der Waals surface area contributed by atoms with Crippen molar-refractivity contribution in [1.29, 1.82) is 0 Å². The molecule has 0 atom stereocenters. The van der Waals surface area contributed by atoms with Gasteiger partial charge in [-0.25, -0.2) is 4.98 Å². The van der Waals surface area contributed by atoms with E-state index >= 15 is 0 Å². The zero-order valence-electron chi connectivity index (χ0n) is 18.6. The van der Waals surface area contributed by atoms with Gasteiger partial charge in [-0.2, -0.15) is 5.10 Å². The van der Waals surface area contributed by atoms with E-state index in [1.807, 2.05) is 29.8 Å². The summed E-state index contributed by atoms with van der Waals surface area (Å²) in [4.78, 5) is 30.0. The van der Waals surface area contributed by atoms with Crippen molar-refractivity contribution in [2.24, 2.45) is 0 Å². The predicted octanol–water partition coefficient (Wildman–Crippen LogP) is 2.81. The van der Waals surface area contributed by atoms with E-state index in [-0.39, 0.29) is 28.1 Å². The number of aryl methyl sites for hydroxylation is 4. The maximum atomic E-state index is 12.9. The molecule has 0 aliphatic rings. The lowest BCUT2D eigenvalue weighted by atomic mass is 10.1. The first kappa shape index (κ1) is 21.8. The van der Waals surface area contributed by atoms with Crippen LogP contribution in [0.15, 0.2) is 39.8 Å². The second-order valence-electron chi connectivity index (χ2n) is 7.74. The Bertz CT molecular complexity index is 1320. The van der Waals surface area contributed by atoms with Crippen LogP contribution in [0, 0.1) is 13.8 Å². The number of hydrogen-bond donors (Lipinski definition) is 1. The Labute approximate surface area is 185 Å². The molecule has 0 fully saturated rings. The smallest absolute Gasteiger partial charge is 0.265 e. The highest BCUT2D eigenvalue weighted by Crippen LogP contribution is 2.21. The van der Waals surface area contributed by atoms with Crippen LogP contribution in [0.2, 0.25) is 0 Å². The molecule has 3 heterocycles. The van der Waals surface area contributed by atoms with Crippen molar-refractivity contribution in [3.8, 4) is 0 Å².